The SMILES string of the molecule is CN1C[C@@H](F)CC1/C=C/C(=O)N1CCn2c(C(=O)Nc3ccccc3Cl)cnc2C1. The molecule has 9 heteroatoms. The van der Waals surface area contributed by atoms with Gasteiger partial charge in [0, 0.05) is 31.8 Å². The number of benzene rings is 1. The Kier molecular flexibility index (Phi) is 5.87. The number of alkyl halides is 1. The van der Waals surface area contributed by atoms with Gasteiger partial charge in [-0.15, -0.1) is 0 Å². The van der Waals surface area contributed by atoms with Crippen molar-refractivity contribution in [3.8, 4) is 0 Å². The monoisotopic (exact) mass is 431 g/mol. The molecule has 0 radical (unpaired) electrons. The highest BCUT2D eigenvalue weighted by atomic mass is 35.5. The normalized spacial score (nSPS) is 21.8. The Labute approximate surface area is 179 Å². The van der Waals surface area contributed by atoms with Gasteiger partial charge in [-0.05, 0) is 25.6 Å². The summed E-state index contributed by atoms with van der Waals surface area (Å²) in [6, 6.07) is 6.96. The van der Waals surface area contributed by atoms with Crippen molar-refractivity contribution in [2.24, 2.45) is 0 Å². The number of likely N-dealkylation sites (tertiary alicyclic amines) is 1. The minimum atomic E-state index is -0.849. The molecule has 2 amide bonds. The number of amides is 2. The Morgan fingerprint density at radius 3 is 2.83 bits per heavy atom. The molecule has 1 fully saturated rings. The van der Waals surface area contributed by atoms with Gasteiger partial charge in [0.2, 0.25) is 5.91 Å². The van der Waals surface area contributed by atoms with E-state index in [1.807, 2.05) is 16.5 Å². The van der Waals surface area contributed by atoms with Crippen molar-refractivity contribution in [2.45, 2.75) is 31.7 Å². The molecule has 2 aliphatic rings. The van der Waals surface area contributed by atoms with Crippen molar-refractivity contribution >= 4 is 29.1 Å². The fourth-order valence-corrected chi connectivity index (χ4v) is 4.05. The molecule has 2 aliphatic heterocycles. The molecule has 3 heterocycles. The molecule has 1 aromatic carbocycles. The Hall–Kier alpha value is -2.71. The number of para-hydroxylation sites is 1. The first-order valence-electron chi connectivity index (χ1n) is 9.84. The van der Waals surface area contributed by atoms with E-state index in [1.165, 1.54) is 12.3 Å². The summed E-state index contributed by atoms with van der Waals surface area (Å²) in [6.07, 6.45) is 4.36. The summed E-state index contributed by atoms with van der Waals surface area (Å²) in [7, 11) is 1.85. The van der Waals surface area contributed by atoms with E-state index in [2.05, 4.69) is 10.3 Å². The average Bonchev–Trinajstić information content (AvgIpc) is 3.29. The van der Waals surface area contributed by atoms with Crippen molar-refractivity contribution in [1.82, 2.24) is 19.4 Å². The predicted molar refractivity (Wildman–Crippen MR) is 112 cm³/mol. The van der Waals surface area contributed by atoms with Crippen LogP contribution < -0.4 is 5.32 Å². The van der Waals surface area contributed by atoms with E-state index in [1.54, 1.807) is 35.2 Å². The second kappa shape index (κ2) is 8.57. The third-order valence-electron chi connectivity index (χ3n) is 5.54. The summed E-state index contributed by atoms with van der Waals surface area (Å²) in [5, 5.41) is 3.26. The summed E-state index contributed by atoms with van der Waals surface area (Å²) in [6.45, 7) is 1.64. The minimum absolute atomic E-state index is 0.0594. The average molecular weight is 432 g/mol. The molecule has 30 heavy (non-hydrogen) atoms. The lowest BCUT2D eigenvalue weighted by Crippen LogP contribution is -2.38. The molecule has 1 saturated heterocycles. The van der Waals surface area contributed by atoms with Crippen molar-refractivity contribution in [3.05, 3.63) is 59.2 Å². The van der Waals surface area contributed by atoms with Crippen molar-refractivity contribution in [2.75, 3.05) is 25.5 Å². The number of carbonyl (C=O) groups is 2. The molecule has 158 valence electrons. The maximum Gasteiger partial charge on any atom is 0.273 e. The standard InChI is InChI=1S/C21H23ClFN5O2/c1-26-12-14(23)10-15(26)6-7-20(29)27-8-9-28-18(11-24-19(28)13-27)21(30)25-17-5-3-2-4-16(17)22/h2-7,11,14-15H,8-10,12-13H2,1H3,(H,25,30)/b7-6+/t14-,15?/m0/s1. The molecule has 2 aromatic rings. The van der Waals surface area contributed by atoms with Gasteiger partial charge >= 0.3 is 0 Å². The van der Waals surface area contributed by atoms with Crippen LogP contribution in [0.4, 0.5) is 10.1 Å². The van der Waals surface area contributed by atoms with Gasteiger partial charge in [0.25, 0.3) is 5.91 Å². The van der Waals surface area contributed by atoms with E-state index in [9.17, 15) is 14.0 Å². The summed E-state index contributed by atoms with van der Waals surface area (Å²) in [5.74, 6) is 0.211. The van der Waals surface area contributed by atoms with E-state index in [0.29, 0.717) is 54.8 Å². The molecular formula is C21H23ClFN5O2. The zero-order chi connectivity index (χ0) is 21.3. The van der Waals surface area contributed by atoms with Crippen molar-refractivity contribution in [3.63, 3.8) is 0 Å². The Morgan fingerprint density at radius 1 is 1.30 bits per heavy atom. The molecular weight excluding hydrogens is 409 g/mol. The van der Waals surface area contributed by atoms with E-state index in [4.69, 9.17) is 11.6 Å². The molecule has 7 nitrogen and oxygen atoms in total. The van der Waals surface area contributed by atoms with Gasteiger partial charge in [0.1, 0.15) is 17.7 Å². The zero-order valence-corrected chi connectivity index (χ0v) is 17.3. The van der Waals surface area contributed by atoms with Gasteiger partial charge in [-0.25, -0.2) is 9.37 Å². The zero-order valence-electron chi connectivity index (χ0n) is 16.6. The largest absolute Gasteiger partial charge is 0.330 e. The second-order valence-corrected chi connectivity index (χ2v) is 8.01. The third kappa shape index (κ3) is 4.24. The molecule has 0 bridgehead atoms. The highest BCUT2D eigenvalue weighted by Crippen LogP contribution is 2.23. The number of nitrogens with one attached hydrogen (secondary N) is 1. The Balaban J connectivity index is 1.40. The molecule has 0 saturated carbocycles. The number of aromatic nitrogens is 2. The van der Waals surface area contributed by atoms with Crippen LogP contribution in [0.3, 0.4) is 0 Å². The van der Waals surface area contributed by atoms with Crippen LogP contribution in [0.15, 0.2) is 42.6 Å². The number of hydrogen-bond donors (Lipinski definition) is 1. The maximum absolute atomic E-state index is 13.5. The van der Waals surface area contributed by atoms with Gasteiger partial charge in [-0.3, -0.25) is 14.5 Å². The van der Waals surface area contributed by atoms with Gasteiger partial charge in [-0.1, -0.05) is 29.8 Å². The molecule has 0 aliphatic carbocycles. The first kappa shape index (κ1) is 20.6. The smallest absolute Gasteiger partial charge is 0.273 e. The molecule has 4 rings (SSSR count). The predicted octanol–water partition coefficient (Wildman–Crippen LogP) is 2.73. The summed E-state index contributed by atoms with van der Waals surface area (Å²) >= 11 is 6.11. The summed E-state index contributed by atoms with van der Waals surface area (Å²) < 4.78 is 15.3. The highest BCUT2D eigenvalue weighted by Gasteiger charge is 2.28. The van der Waals surface area contributed by atoms with E-state index in [-0.39, 0.29) is 17.9 Å². The number of fused-ring (bicyclic) bond motifs is 1. The van der Waals surface area contributed by atoms with Crippen LogP contribution in [0.2, 0.25) is 5.02 Å². The number of halogens is 2. The molecule has 0 spiro atoms. The van der Waals surface area contributed by atoms with E-state index >= 15 is 0 Å². The number of imidazole rings is 1. The second-order valence-electron chi connectivity index (χ2n) is 7.60. The van der Waals surface area contributed by atoms with Gasteiger partial charge in [-0.2, -0.15) is 0 Å². The number of carbonyl (C=O) groups excluding carboxylic acids is 2. The lowest BCUT2D eigenvalue weighted by Gasteiger charge is -2.27. The Bertz CT molecular complexity index is 992. The third-order valence-corrected chi connectivity index (χ3v) is 5.87. The van der Waals surface area contributed by atoms with Crippen LogP contribution in [0.25, 0.3) is 0 Å². The van der Waals surface area contributed by atoms with Crippen molar-refractivity contribution < 1.29 is 14.0 Å². The van der Waals surface area contributed by atoms with E-state index < -0.39 is 6.17 Å². The molecule has 1 N–H and O–H groups in total. The number of nitrogens with zero attached hydrogens (tertiary/aromatic N) is 4. The van der Waals surface area contributed by atoms with E-state index in [0.717, 1.165) is 0 Å². The Morgan fingerprint density at radius 2 is 2.10 bits per heavy atom. The number of rotatable bonds is 4. The van der Waals surface area contributed by atoms with Crippen molar-refractivity contribution in [1.29, 1.82) is 0 Å². The number of hydrogen-bond acceptors (Lipinski definition) is 4. The fourth-order valence-electron chi connectivity index (χ4n) is 3.87. The van der Waals surface area contributed by atoms with Crippen LogP contribution in [0.5, 0.6) is 0 Å². The lowest BCUT2D eigenvalue weighted by molar-refractivity contribution is -0.127. The molecule has 1 aromatic heterocycles. The highest BCUT2D eigenvalue weighted by molar-refractivity contribution is 6.33. The maximum atomic E-state index is 13.5. The van der Waals surface area contributed by atoms with Gasteiger partial charge in [0.05, 0.1) is 23.5 Å². The minimum Gasteiger partial charge on any atom is -0.330 e. The fraction of sp³-hybridized carbons (Fsp3) is 0.381. The van der Waals surface area contributed by atoms with Crippen LogP contribution in [0, 0.1) is 0 Å². The molecule has 2 atom stereocenters. The topological polar surface area (TPSA) is 70.5 Å². The first-order chi connectivity index (χ1) is 14.4. The van der Waals surface area contributed by atoms with Crippen LogP contribution >= 0.6 is 11.6 Å². The lowest BCUT2D eigenvalue weighted by atomic mass is 10.2. The van der Waals surface area contributed by atoms with Crippen LogP contribution in [-0.4, -0.2) is 63.5 Å². The quantitative estimate of drug-likeness (QED) is 0.756. The van der Waals surface area contributed by atoms with Crippen LogP contribution in [-0.2, 0) is 17.9 Å². The van der Waals surface area contributed by atoms with Gasteiger partial charge < -0.3 is 14.8 Å². The van der Waals surface area contributed by atoms with Crippen LogP contribution in [0.1, 0.15) is 22.7 Å². The summed E-state index contributed by atoms with van der Waals surface area (Å²) in [4.78, 5) is 33.1. The summed E-state index contributed by atoms with van der Waals surface area (Å²) in [5.41, 5.74) is 0.957. The number of likely N-dealkylation sites (N-methyl/N-ethyl adjacent to an activating group) is 1. The van der Waals surface area contributed by atoms with Gasteiger partial charge in [0.15, 0.2) is 0 Å². The molecule has 1 unspecified atom stereocenters. The number of anilines is 1. The first-order valence-corrected chi connectivity index (χ1v) is 10.2.